The van der Waals surface area contributed by atoms with Gasteiger partial charge in [0.1, 0.15) is 0 Å². The zero-order valence-corrected chi connectivity index (χ0v) is 5.22. The first-order valence-corrected chi connectivity index (χ1v) is 2.77. The first kappa shape index (κ1) is 6.51. The highest BCUT2D eigenvalue weighted by molar-refractivity contribution is 5.76. The van der Waals surface area contributed by atoms with Crippen LogP contribution in [0.5, 0.6) is 0 Å². The summed E-state index contributed by atoms with van der Waals surface area (Å²) in [5, 5.41) is 2.81. The molecule has 0 radical (unpaired) electrons. The van der Waals surface area contributed by atoms with Crippen LogP contribution in [0.15, 0.2) is 0 Å². The molecule has 0 bridgehead atoms. The van der Waals surface area contributed by atoms with Gasteiger partial charge in [-0.25, -0.2) is 4.79 Å². The van der Waals surface area contributed by atoms with Crippen LogP contribution < -0.4 is 5.32 Å². The Morgan fingerprint density at radius 2 is 2.67 bits per heavy atom. The van der Waals surface area contributed by atoms with E-state index in [1.807, 2.05) is 0 Å². The van der Waals surface area contributed by atoms with Gasteiger partial charge in [0.15, 0.2) is 12.9 Å². The van der Waals surface area contributed by atoms with E-state index in [4.69, 9.17) is 4.74 Å². The number of nitrogens with one attached hydrogen (secondary N) is 1. The van der Waals surface area contributed by atoms with E-state index in [0.717, 1.165) is 0 Å². The van der Waals surface area contributed by atoms with E-state index in [-0.39, 0.29) is 12.8 Å². The number of carbonyl (C=O) groups excluding carboxylic acids is 1. The summed E-state index contributed by atoms with van der Waals surface area (Å²) in [7, 11) is 1.76. The summed E-state index contributed by atoms with van der Waals surface area (Å²) in [4.78, 5) is 10.6. The van der Waals surface area contributed by atoms with Crippen LogP contribution in [0.2, 0.25) is 0 Å². The largest absolute Gasteiger partial charge is 0.436 e. The number of ether oxygens (including phenoxy) is 2. The van der Waals surface area contributed by atoms with Crippen molar-refractivity contribution in [2.45, 2.75) is 6.10 Å². The summed E-state index contributed by atoms with van der Waals surface area (Å²) in [5.74, 6) is -0.274. The standard InChI is InChI=1S/C5H9NO3/c1-6-2-4-5(7)9-3-8-4/h4,6H,2-3H2,1H3. The van der Waals surface area contributed by atoms with Gasteiger partial charge in [-0.2, -0.15) is 0 Å². The van der Waals surface area contributed by atoms with E-state index in [1.54, 1.807) is 7.05 Å². The summed E-state index contributed by atoms with van der Waals surface area (Å²) in [5.41, 5.74) is 0. The lowest BCUT2D eigenvalue weighted by atomic mass is 10.4. The van der Waals surface area contributed by atoms with Gasteiger partial charge in [-0.1, -0.05) is 0 Å². The summed E-state index contributed by atoms with van der Waals surface area (Å²) in [6.45, 7) is 0.629. The maximum atomic E-state index is 10.6. The molecule has 0 aromatic heterocycles. The van der Waals surface area contributed by atoms with Crippen LogP contribution in [0.1, 0.15) is 0 Å². The molecule has 1 atom stereocenters. The third kappa shape index (κ3) is 1.40. The minimum atomic E-state index is -0.394. The summed E-state index contributed by atoms with van der Waals surface area (Å²) >= 11 is 0. The van der Waals surface area contributed by atoms with Gasteiger partial charge in [0, 0.05) is 6.54 Å². The average Bonchev–Trinajstić information content (AvgIpc) is 2.18. The van der Waals surface area contributed by atoms with E-state index in [9.17, 15) is 4.79 Å². The SMILES string of the molecule is CNCC1OCOC1=O. The highest BCUT2D eigenvalue weighted by atomic mass is 16.7. The number of cyclic esters (lactones) is 1. The Balaban J connectivity index is 2.31. The highest BCUT2D eigenvalue weighted by Gasteiger charge is 2.25. The molecule has 1 N–H and O–H groups in total. The molecule has 9 heavy (non-hydrogen) atoms. The molecule has 1 heterocycles. The van der Waals surface area contributed by atoms with Crippen molar-refractivity contribution in [3.05, 3.63) is 0 Å². The fraction of sp³-hybridized carbons (Fsp3) is 0.800. The van der Waals surface area contributed by atoms with Crippen molar-refractivity contribution in [1.82, 2.24) is 5.32 Å². The zero-order valence-electron chi connectivity index (χ0n) is 5.22. The zero-order chi connectivity index (χ0) is 6.69. The number of esters is 1. The third-order valence-electron chi connectivity index (χ3n) is 1.12. The molecule has 1 fully saturated rings. The number of rotatable bonds is 2. The maximum absolute atomic E-state index is 10.6. The van der Waals surface area contributed by atoms with Crippen LogP contribution >= 0.6 is 0 Å². The second-order valence-corrected chi connectivity index (χ2v) is 1.79. The molecular weight excluding hydrogens is 122 g/mol. The Morgan fingerprint density at radius 1 is 1.89 bits per heavy atom. The summed E-state index contributed by atoms with van der Waals surface area (Å²) in [6.07, 6.45) is -0.394. The lowest BCUT2D eigenvalue weighted by Gasteiger charge is -2.00. The molecule has 0 aliphatic carbocycles. The smallest absolute Gasteiger partial charge is 0.338 e. The normalized spacial score (nSPS) is 26.3. The molecule has 1 aliphatic rings. The first-order chi connectivity index (χ1) is 4.34. The van der Waals surface area contributed by atoms with Gasteiger partial charge in [-0.15, -0.1) is 0 Å². The molecule has 0 saturated carbocycles. The van der Waals surface area contributed by atoms with Crippen LogP contribution in [-0.2, 0) is 14.3 Å². The molecule has 1 unspecified atom stereocenters. The number of carbonyl (C=O) groups is 1. The van der Waals surface area contributed by atoms with E-state index in [2.05, 4.69) is 10.1 Å². The quantitative estimate of drug-likeness (QED) is 0.494. The van der Waals surface area contributed by atoms with Crippen LogP contribution in [0, 0.1) is 0 Å². The van der Waals surface area contributed by atoms with Gasteiger partial charge in [-0.3, -0.25) is 0 Å². The molecule has 4 heteroatoms. The second kappa shape index (κ2) is 2.80. The molecule has 0 spiro atoms. The van der Waals surface area contributed by atoms with E-state index in [1.165, 1.54) is 0 Å². The van der Waals surface area contributed by atoms with Crippen LogP contribution in [0.4, 0.5) is 0 Å². The van der Waals surface area contributed by atoms with Crippen molar-refractivity contribution < 1.29 is 14.3 Å². The molecule has 4 nitrogen and oxygen atoms in total. The molecule has 0 aromatic rings. The molecule has 1 saturated heterocycles. The van der Waals surface area contributed by atoms with Crippen molar-refractivity contribution >= 4 is 5.97 Å². The summed E-state index contributed by atoms with van der Waals surface area (Å²) in [6, 6.07) is 0. The predicted molar refractivity (Wildman–Crippen MR) is 29.8 cm³/mol. The number of hydrogen-bond donors (Lipinski definition) is 1. The highest BCUT2D eigenvalue weighted by Crippen LogP contribution is 2.02. The molecular formula is C5H9NO3. The summed E-state index contributed by atoms with van der Waals surface area (Å²) < 4.78 is 9.39. The van der Waals surface area contributed by atoms with Crippen molar-refractivity contribution in [3.8, 4) is 0 Å². The predicted octanol–water partition coefficient (Wildman–Crippen LogP) is -0.895. The molecule has 1 aliphatic heterocycles. The fourth-order valence-electron chi connectivity index (χ4n) is 0.663. The van der Waals surface area contributed by atoms with Crippen LogP contribution in [0.3, 0.4) is 0 Å². The Morgan fingerprint density at radius 3 is 3.11 bits per heavy atom. The van der Waals surface area contributed by atoms with Crippen LogP contribution in [0.25, 0.3) is 0 Å². The van der Waals surface area contributed by atoms with Crippen molar-refractivity contribution in [2.24, 2.45) is 0 Å². The second-order valence-electron chi connectivity index (χ2n) is 1.79. The average molecular weight is 131 g/mol. The Bertz CT molecular complexity index is 115. The molecule has 52 valence electrons. The van der Waals surface area contributed by atoms with Gasteiger partial charge in [0.2, 0.25) is 0 Å². The lowest BCUT2D eigenvalue weighted by molar-refractivity contribution is -0.139. The number of likely N-dealkylation sites (N-methyl/N-ethyl adjacent to an activating group) is 1. The fourth-order valence-corrected chi connectivity index (χ4v) is 0.663. The Hall–Kier alpha value is -0.610. The van der Waals surface area contributed by atoms with Gasteiger partial charge in [0.05, 0.1) is 0 Å². The van der Waals surface area contributed by atoms with Gasteiger partial charge >= 0.3 is 5.97 Å². The maximum Gasteiger partial charge on any atom is 0.338 e. The minimum Gasteiger partial charge on any atom is -0.436 e. The monoisotopic (exact) mass is 131 g/mol. The Labute approximate surface area is 53.1 Å². The van der Waals surface area contributed by atoms with Gasteiger partial charge in [-0.05, 0) is 7.05 Å². The van der Waals surface area contributed by atoms with Crippen molar-refractivity contribution in [3.63, 3.8) is 0 Å². The third-order valence-corrected chi connectivity index (χ3v) is 1.12. The minimum absolute atomic E-state index is 0.102. The van der Waals surface area contributed by atoms with Crippen molar-refractivity contribution in [2.75, 3.05) is 20.4 Å². The lowest BCUT2D eigenvalue weighted by Crippen LogP contribution is -2.28. The van der Waals surface area contributed by atoms with E-state index in [0.29, 0.717) is 6.54 Å². The van der Waals surface area contributed by atoms with Gasteiger partial charge in [0.25, 0.3) is 0 Å². The van der Waals surface area contributed by atoms with E-state index < -0.39 is 6.10 Å². The number of hydrogen-bond acceptors (Lipinski definition) is 4. The molecule has 0 amide bonds. The molecule has 0 aromatic carbocycles. The van der Waals surface area contributed by atoms with Crippen molar-refractivity contribution in [1.29, 1.82) is 0 Å². The topological polar surface area (TPSA) is 47.6 Å². The molecule has 1 rings (SSSR count). The van der Waals surface area contributed by atoms with E-state index >= 15 is 0 Å². The van der Waals surface area contributed by atoms with Gasteiger partial charge < -0.3 is 14.8 Å². The Kier molecular flexibility index (Phi) is 2.02. The first-order valence-electron chi connectivity index (χ1n) is 2.77. The van der Waals surface area contributed by atoms with Crippen LogP contribution in [-0.4, -0.2) is 32.5 Å².